The first-order valence-electron chi connectivity index (χ1n) is 4.81. The van der Waals surface area contributed by atoms with Gasteiger partial charge in [0.1, 0.15) is 0 Å². The molecule has 6 nitrogen and oxygen atoms in total. The van der Waals surface area contributed by atoms with E-state index in [2.05, 4.69) is 10.0 Å². The topological polar surface area (TPSA) is 101 Å². The Kier molecular flexibility index (Phi) is 6.46. The third-order valence-electron chi connectivity index (χ3n) is 1.55. The van der Waals surface area contributed by atoms with Gasteiger partial charge in [-0.2, -0.15) is 0 Å². The van der Waals surface area contributed by atoms with Gasteiger partial charge in [-0.3, -0.25) is 4.79 Å². The standard InChI is InChI=1S/C8H19N3O3S/c1-7(2)5-10-8(12)6-11-15(13,14)4-3-9/h7,11H,3-6,9H2,1-2H3,(H,10,12). The van der Waals surface area contributed by atoms with Gasteiger partial charge in [-0.05, 0) is 5.92 Å². The van der Waals surface area contributed by atoms with E-state index < -0.39 is 10.0 Å². The van der Waals surface area contributed by atoms with Crippen LogP contribution in [0.5, 0.6) is 0 Å². The molecule has 0 bridgehead atoms. The highest BCUT2D eigenvalue weighted by molar-refractivity contribution is 7.89. The Morgan fingerprint density at radius 2 is 2.00 bits per heavy atom. The van der Waals surface area contributed by atoms with E-state index in [4.69, 9.17) is 5.73 Å². The van der Waals surface area contributed by atoms with E-state index in [1.165, 1.54) is 0 Å². The summed E-state index contributed by atoms with van der Waals surface area (Å²) < 4.78 is 24.4. The molecule has 0 aliphatic heterocycles. The van der Waals surface area contributed by atoms with Gasteiger partial charge in [-0.25, -0.2) is 13.1 Å². The summed E-state index contributed by atoms with van der Waals surface area (Å²) in [5.41, 5.74) is 5.10. The minimum Gasteiger partial charge on any atom is -0.355 e. The van der Waals surface area contributed by atoms with Crippen molar-refractivity contribution >= 4 is 15.9 Å². The minimum atomic E-state index is -3.40. The zero-order chi connectivity index (χ0) is 11.9. The molecule has 0 aromatic heterocycles. The molecule has 0 spiro atoms. The Hall–Kier alpha value is -0.660. The molecule has 15 heavy (non-hydrogen) atoms. The molecule has 0 fully saturated rings. The molecule has 90 valence electrons. The van der Waals surface area contributed by atoms with Gasteiger partial charge in [-0.15, -0.1) is 0 Å². The molecule has 0 aromatic carbocycles. The van der Waals surface area contributed by atoms with Gasteiger partial charge >= 0.3 is 0 Å². The molecule has 0 aromatic rings. The van der Waals surface area contributed by atoms with E-state index in [1.54, 1.807) is 0 Å². The van der Waals surface area contributed by atoms with Crippen LogP contribution in [0.15, 0.2) is 0 Å². The average molecular weight is 237 g/mol. The largest absolute Gasteiger partial charge is 0.355 e. The zero-order valence-corrected chi connectivity index (χ0v) is 9.93. The summed E-state index contributed by atoms with van der Waals surface area (Å²) in [5.74, 6) is -0.149. The van der Waals surface area contributed by atoms with Crippen LogP contribution in [0.4, 0.5) is 0 Å². The lowest BCUT2D eigenvalue weighted by molar-refractivity contribution is -0.120. The van der Waals surface area contributed by atoms with E-state index in [0.717, 1.165) is 0 Å². The Bertz CT molecular complexity index is 288. The number of nitrogens with one attached hydrogen (secondary N) is 2. The Morgan fingerprint density at radius 1 is 1.40 bits per heavy atom. The molecule has 0 heterocycles. The number of sulfonamides is 1. The predicted molar refractivity (Wildman–Crippen MR) is 58.7 cm³/mol. The number of hydrogen-bond donors (Lipinski definition) is 3. The summed E-state index contributed by atoms with van der Waals surface area (Å²) in [5, 5.41) is 2.60. The molecule has 4 N–H and O–H groups in total. The van der Waals surface area contributed by atoms with Crippen molar-refractivity contribution < 1.29 is 13.2 Å². The lowest BCUT2D eigenvalue weighted by Gasteiger charge is -2.08. The van der Waals surface area contributed by atoms with Crippen LogP contribution in [-0.2, 0) is 14.8 Å². The van der Waals surface area contributed by atoms with Gasteiger partial charge in [0.15, 0.2) is 0 Å². The van der Waals surface area contributed by atoms with Crippen molar-refractivity contribution in [3.8, 4) is 0 Å². The fourth-order valence-electron chi connectivity index (χ4n) is 0.783. The zero-order valence-electron chi connectivity index (χ0n) is 9.12. The van der Waals surface area contributed by atoms with Crippen LogP contribution in [0, 0.1) is 5.92 Å². The average Bonchev–Trinajstić information content (AvgIpc) is 2.11. The molecule has 7 heteroatoms. The van der Waals surface area contributed by atoms with Gasteiger partial charge in [0.05, 0.1) is 12.3 Å². The molecule has 0 atom stereocenters. The third kappa shape index (κ3) is 8.34. The summed E-state index contributed by atoms with van der Waals surface area (Å²) in [7, 11) is -3.40. The molecule has 0 saturated carbocycles. The van der Waals surface area contributed by atoms with Crippen LogP contribution in [0.25, 0.3) is 0 Å². The molecule has 0 radical (unpaired) electrons. The van der Waals surface area contributed by atoms with Crippen LogP contribution in [0.1, 0.15) is 13.8 Å². The van der Waals surface area contributed by atoms with Gasteiger partial charge in [0, 0.05) is 13.1 Å². The normalized spacial score (nSPS) is 11.7. The second-order valence-electron chi connectivity index (χ2n) is 3.63. The van der Waals surface area contributed by atoms with E-state index >= 15 is 0 Å². The Morgan fingerprint density at radius 3 is 2.47 bits per heavy atom. The van der Waals surface area contributed by atoms with Crippen molar-refractivity contribution in [1.82, 2.24) is 10.0 Å². The molecular weight excluding hydrogens is 218 g/mol. The number of carbonyl (C=O) groups excluding carboxylic acids is 1. The fourth-order valence-corrected chi connectivity index (χ4v) is 1.59. The van der Waals surface area contributed by atoms with E-state index in [-0.39, 0.29) is 24.7 Å². The highest BCUT2D eigenvalue weighted by Crippen LogP contribution is 1.87. The monoisotopic (exact) mass is 237 g/mol. The van der Waals surface area contributed by atoms with E-state index in [0.29, 0.717) is 12.5 Å². The van der Waals surface area contributed by atoms with E-state index in [1.807, 2.05) is 13.8 Å². The summed E-state index contributed by atoms with van der Waals surface area (Å²) in [6, 6.07) is 0. The summed E-state index contributed by atoms with van der Waals surface area (Å²) in [4.78, 5) is 11.1. The molecule has 0 saturated heterocycles. The molecule has 0 rings (SSSR count). The Labute approximate surface area is 90.7 Å². The molecule has 0 aliphatic rings. The fraction of sp³-hybridized carbons (Fsp3) is 0.875. The quantitative estimate of drug-likeness (QED) is 0.509. The van der Waals surface area contributed by atoms with Crippen molar-refractivity contribution in [2.24, 2.45) is 11.7 Å². The summed E-state index contributed by atoms with van der Waals surface area (Å²) in [6.07, 6.45) is 0. The number of amides is 1. The van der Waals surface area contributed by atoms with Crippen molar-refractivity contribution in [2.45, 2.75) is 13.8 Å². The number of nitrogens with two attached hydrogens (primary N) is 1. The van der Waals surface area contributed by atoms with Crippen molar-refractivity contribution in [3.05, 3.63) is 0 Å². The lowest BCUT2D eigenvalue weighted by Crippen LogP contribution is -2.39. The van der Waals surface area contributed by atoms with Crippen LogP contribution in [-0.4, -0.2) is 39.7 Å². The second kappa shape index (κ2) is 6.76. The minimum absolute atomic E-state index is 0.0446. The maximum atomic E-state index is 11.1. The van der Waals surface area contributed by atoms with Gasteiger partial charge in [0.2, 0.25) is 15.9 Å². The molecule has 1 amide bonds. The lowest BCUT2D eigenvalue weighted by atomic mass is 10.2. The first kappa shape index (κ1) is 14.3. The number of rotatable bonds is 7. The highest BCUT2D eigenvalue weighted by Gasteiger charge is 2.10. The van der Waals surface area contributed by atoms with Crippen molar-refractivity contribution in [2.75, 3.05) is 25.4 Å². The third-order valence-corrected chi connectivity index (χ3v) is 2.90. The van der Waals surface area contributed by atoms with Crippen molar-refractivity contribution in [3.63, 3.8) is 0 Å². The summed E-state index contributed by atoms with van der Waals surface area (Å²) in [6.45, 7) is 4.27. The van der Waals surface area contributed by atoms with Crippen molar-refractivity contribution in [1.29, 1.82) is 0 Å². The first-order valence-corrected chi connectivity index (χ1v) is 6.46. The van der Waals surface area contributed by atoms with Crippen LogP contribution >= 0.6 is 0 Å². The van der Waals surface area contributed by atoms with Crippen LogP contribution in [0.3, 0.4) is 0 Å². The molecular formula is C8H19N3O3S. The smallest absolute Gasteiger partial charge is 0.235 e. The Balaban J connectivity index is 3.80. The predicted octanol–water partition coefficient (Wildman–Crippen LogP) is -1.36. The van der Waals surface area contributed by atoms with Gasteiger partial charge in [0.25, 0.3) is 0 Å². The van der Waals surface area contributed by atoms with E-state index in [9.17, 15) is 13.2 Å². The number of carbonyl (C=O) groups is 1. The maximum absolute atomic E-state index is 11.1. The van der Waals surface area contributed by atoms with Gasteiger partial charge < -0.3 is 11.1 Å². The summed E-state index contributed by atoms with van der Waals surface area (Å²) >= 11 is 0. The molecule has 0 unspecified atom stereocenters. The van der Waals surface area contributed by atoms with Crippen LogP contribution < -0.4 is 15.8 Å². The maximum Gasteiger partial charge on any atom is 0.235 e. The van der Waals surface area contributed by atoms with Gasteiger partial charge in [-0.1, -0.05) is 13.8 Å². The first-order chi connectivity index (χ1) is 6.87. The SMILES string of the molecule is CC(C)CNC(=O)CNS(=O)(=O)CCN. The van der Waals surface area contributed by atoms with Crippen LogP contribution in [0.2, 0.25) is 0 Å². The second-order valence-corrected chi connectivity index (χ2v) is 5.55. The highest BCUT2D eigenvalue weighted by atomic mass is 32.2. The number of hydrogen-bond acceptors (Lipinski definition) is 4. The molecule has 0 aliphatic carbocycles.